The molecule has 0 saturated carbocycles. The number of H-pyrrole nitrogens is 1. The summed E-state index contributed by atoms with van der Waals surface area (Å²) < 4.78 is 7.62. The number of nitrogens with one attached hydrogen (secondary N) is 1. The molecule has 1 N–H and O–H groups in total. The lowest BCUT2D eigenvalue weighted by Gasteiger charge is -2.28. The number of aryl methyl sites for hydroxylation is 1. The van der Waals surface area contributed by atoms with Crippen molar-refractivity contribution in [3.63, 3.8) is 0 Å². The molecule has 0 radical (unpaired) electrons. The van der Waals surface area contributed by atoms with Gasteiger partial charge in [-0.25, -0.2) is 4.98 Å². The zero-order chi connectivity index (χ0) is 22.1. The average molecular weight is 449 g/mol. The Labute approximate surface area is 189 Å². The van der Waals surface area contributed by atoms with Gasteiger partial charge in [0.15, 0.2) is 5.16 Å². The molecule has 1 aliphatic heterocycles. The van der Waals surface area contributed by atoms with E-state index in [2.05, 4.69) is 48.7 Å². The first-order valence-corrected chi connectivity index (χ1v) is 11.5. The Kier molecular flexibility index (Phi) is 5.67. The highest BCUT2D eigenvalue weighted by Gasteiger charge is 2.24. The highest BCUT2D eigenvalue weighted by atomic mass is 32.2. The minimum absolute atomic E-state index is 0.128. The highest BCUT2D eigenvalue weighted by molar-refractivity contribution is 7.99. The quantitative estimate of drug-likeness (QED) is 0.468. The summed E-state index contributed by atoms with van der Waals surface area (Å²) in [5.41, 5.74) is 2.72. The van der Waals surface area contributed by atoms with Gasteiger partial charge in [-0.2, -0.15) is 0 Å². The van der Waals surface area contributed by atoms with Gasteiger partial charge >= 0.3 is 0 Å². The van der Waals surface area contributed by atoms with Crippen LogP contribution in [0, 0.1) is 6.92 Å². The number of morpholine rings is 1. The van der Waals surface area contributed by atoms with Gasteiger partial charge in [0.05, 0.1) is 35.1 Å². The number of fused-ring (bicyclic) bond motifs is 1. The summed E-state index contributed by atoms with van der Waals surface area (Å²) >= 11 is 1.53. The van der Waals surface area contributed by atoms with E-state index in [1.807, 2.05) is 37.3 Å². The lowest BCUT2D eigenvalue weighted by Crippen LogP contribution is -2.38. The van der Waals surface area contributed by atoms with E-state index in [9.17, 15) is 4.79 Å². The van der Waals surface area contributed by atoms with Gasteiger partial charge in [-0.15, -0.1) is 10.2 Å². The summed E-state index contributed by atoms with van der Waals surface area (Å²) in [7, 11) is 0. The molecule has 32 heavy (non-hydrogen) atoms. The monoisotopic (exact) mass is 448 g/mol. The van der Waals surface area contributed by atoms with Crippen molar-refractivity contribution >= 4 is 28.6 Å². The van der Waals surface area contributed by atoms with Crippen molar-refractivity contribution in [1.82, 2.24) is 24.7 Å². The molecule has 1 fully saturated rings. The summed E-state index contributed by atoms with van der Waals surface area (Å²) in [4.78, 5) is 22.4. The standard InChI is InChI=1S/C23H24N6O2S/c1-15-7-3-6-10-19(15)29-22(28-11-13-31-14-12-28)26-27-23(29)32-16(2)20-24-18-9-5-4-8-17(18)21(30)25-20/h3-10,16H,11-14H2,1-2H3,(H,24,25,30). The minimum Gasteiger partial charge on any atom is -0.378 e. The fourth-order valence-corrected chi connectivity index (χ4v) is 4.76. The maximum atomic E-state index is 12.5. The SMILES string of the molecule is Cc1ccccc1-n1c(SC(C)c2nc3ccccc3c(=O)[nH]2)nnc1N1CCOCC1. The molecule has 0 bridgehead atoms. The predicted octanol–water partition coefficient (Wildman–Crippen LogP) is 3.50. The van der Waals surface area contributed by atoms with Crippen molar-refractivity contribution in [1.29, 1.82) is 0 Å². The highest BCUT2D eigenvalue weighted by Crippen LogP contribution is 2.36. The van der Waals surface area contributed by atoms with Crippen LogP contribution in [0.1, 0.15) is 23.6 Å². The lowest BCUT2D eigenvalue weighted by atomic mass is 10.2. The number of hydrogen-bond acceptors (Lipinski definition) is 7. The molecular weight excluding hydrogens is 424 g/mol. The number of thioether (sulfide) groups is 1. The molecule has 2 aromatic heterocycles. The minimum atomic E-state index is -0.132. The Balaban J connectivity index is 1.54. The van der Waals surface area contributed by atoms with Crippen LogP contribution in [0.5, 0.6) is 0 Å². The van der Waals surface area contributed by atoms with Gasteiger partial charge in [0, 0.05) is 13.1 Å². The number of aromatic amines is 1. The van der Waals surface area contributed by atoms with Crippen LogP contribution in [0.2, 0.25) is 0 Å². The second-order valence-electron chi connectivity index (χ2n) is 7.73. The van der Waals surface area contributed by atoms with Crippen molar-refractivity contribution in [3.8, 4) is 5.69 Å². The molecular formula is C23H24N6O2S. The predicted molar refractivity (Wildman–Crippen MR) is 126 cm³/mol. The van der Waals surface area contributed by atoms with Crippen molar-refractivity contribution in [2.75, 3.05) is 31.2 Å². The van der Waals surface area contributed by atoms with Crippen LogP contribution in [0.15, 0.2) is 58.5 Å². The Morgan fingerprint density at radius 1 is 1.06 bits per heavy atom. The fraction of sp³-hybridized carbons (Fsp3) is 0.304. The molecule has 164 valence electrons. The summed E-state index contributed by atoms with van der Waals surface area (Å²) in [6.45, 7) is 6.97. The number of ether oxygens (including phenoxy) is 1. The Morgan fingerprint density at radius 3 is 2.62 bits per heavy atom. The van der Waals surface area contributed by atoms with Crippen LogP contribution in [-0.4, -0.2) is 51.0 Å². The normalized spacial score (nSPS) is 15.2. The number of anilines is 1. The molecule has 1 unspecified atom stereocenters. The molecule has 1 saturated heterocycles. The van der Waals surface area contributed by atoms with Crippen LogP contribution >= 0.6 is 11.8 Å². The van der Waals surface area contributed by atoms with Gasteiger partial charge in [0.25, 0.3) is 5.56 Å². The van der Waals surface area contributed by atoms with E-state index in [1.165, 1.54) is 11.8 Å². The van der Waals surface area contributed by atoms with Crippen LogP contribution in [0.3, 0.4) is 0 Å². The zero-order valence-electron chi connectivity index (χ0n) is 18.0. The van der Waals surface area contributed by atoms with Crippen molar-refractivity contribution in [3.05, 3.63) is 70.3 Å². The van der Waals surface area contributed by atoms with Crippen LogP contribution in [-0.2, 0) is 4.74 Å². The third-order valence-electron chi connectivity index (χ3n) is 5.56. The third-order valence-corrected chi connectivity index (χ3v) is 6.62. The molecule has 1 atom stereocenters. The van der Waals surface area contributed by atoms with E-state index in [0.717, 1.165) is 35.4 Å². The topological polar surface area (TPSA) is 88.9 Å². The second-order valence-corrected chi connectivity index (χ2v) is 9.04. The lowest BCUT2D eigenvalue weighted by molar-refractivity contribution is 0.122. The summed E-state index contributed by atoms with van der Waals surface area (Å²) in [6, 6.07) is 15.6. The maximum Gasteiger partial charge on any atom is 0.258 e. The van der Waals surface area contributed by atoms with E-state index < -0.39 is 0 Å². The molecule has 3 heterocycles. The van der Waals surface area contributed by atoms with E-state index in [0.29, 0.717) is 29.9 Å². The Hall–Kier alpha value is -3.17. The molecule has 1 aliphatic rings. The first-order valence-electron chi connectivity index (χ1n) is 10.6. The Bertz CT molecular complexity index is 1310. The summed E-state index contributed by atoms with van der Waals surface area (Å²) in [5.74, 6) is 1.42. The third kappa shape index (κ3) is 3.89. The largest absolute Gasteiger partial charge is 0.378 e. The molecule has 8 nitrogen and oxygen atoms in total. The van der Waals surface area contributed by atoms with Crippen molar-refractivity contribution < 1.29 is 4.74 Å². The number of para-hydroxylation sites is 2. The first-order chi connectivity index (χ1) is 15.6. The number of nitrogens with zero attached hydrogens (tertiary/aromatic N) is 5. The molecule has 0 amide bonds. The van der Waals surface area contributed by atoms with E-state index >= 15 is 0 Å². The number of hydrogen-bond donors (Lipinski definition) is 1. The summed E-state index contributed by atoms with van der Waals surface area (Å²) in [5, 5.41) is 10.3. The number of benzene rings is 2. The molecule has 2 aromatic carbocycles. The number of rotatable bonds is 5. The van der Waals surface area contributed by atoms with Gasteiger partial charge < -0.3 is 14.6 Å². The molecule has 0 spiro atoms. The maximum absolute atomic E-state index is 12.5. The van der Waals surface area contributed by atoms with Crippen molar-refractivity contribution in [2.24, 2.45) is 0 Å². The van der Waals surface area contributed by atoms with E-state index in [1.54, 1.807) is 6.07 Å². The number of aromatic nitrogens is 5. The van der Waals surface area contributed by atoms with Gasteiger partial charge in [-0.3, -0.25) is 9.36 Å². The molecule has 0 aliphatic carbocycles. The van der Waals surface area contributed by atoms with E-state index in [-0.39, 0.29) is 10.8 Å². The Morgan fingerprint density at radius 2 is 1.81 bits per heavy atom. The van der Waals surface area contributed by atoms with Gasteiger partial charge in [0.2, 0.25) is 5.95 Å². The first kappa shape index (κ1) is 20.7. The summed E-state index contributed by atoms with van der Waals surface area (Å²) in [6.07, 6.45) is 0. The van der Waals surface area contributed by atoms with E-state index in [4.69, 9.17) is 4.74 Å². The smallest absolute Gasteiger partial charge is 0.258 e. The molecule has 4 aromatic rings. The van der Waals surface area contributed by atoms with Crippen LogP contribution < -0.4 is 10.5 Å². The van der Waals surface area contributed by atoms with Gasteiger partial charge in [0.1, 0.15) is 5.82 Å². The van der Waals surface area contributed by atoms with Gasteiger partial charge in [-0.05, 0) is 37.6 Å². The van der Waals surface area contributed by atoms with Gasteiger partial charge in [-0.1, -0.05) is 42.1 Å². The second kappa shape index (κ2) is 8.76. The average Bonchev–Trinajstić information content (AvgIpc) is 3.23. The van der Waals surface area contributed by atoms with Crippen LogP contribution in [0.4, 0.5) is 5.95 Å². The van der Waals surface area contributed by atoms with Crippen LogP contribution in [0.25, 0.3) is 16.6 Å². The molecule has 5 rings (SSSR count). The fourth-order valence-electron chi connectivity index (χ4n) is 3.84. The molecule has 9 heteroatoms. The zero-order valence-corrected chi connectivity index (χ0v) is 18.8. The van der Waals surface area contributed by atoms with Crippen molar-refractivity contribution in [2.45, 2.75) is 24.3 Å².